The third-order valence-electron chi connectivity index (χ3n) is 5.78. The second kappa shape index (κ2) is 8.14. The second-order valence-electron chi connectivity index (χ2n) is 7.69. The molecule has 178 valence electrons. The van der Waals surface area contributed by atoms with Gasteiger partial charge >= 0.3 is 6.18 Å². The molecule has 1 aliphatic rings. The smallest absolute Gasteiger partial charge is 0.417 e. The van der Waals surface area contributed by atoms with Crippen LogP contribution in [0, 0.1) is 17.6 Å². The summed E-state index contributed by atoms with van der Waals surface area (Å²) in [4.78, 5) is 27.9. The fourth-order valence-electron chi connectivity index (χ4n) is 3.76. The summed E-state index contributed by atoms with van der Waals surface area (Å²) in [5.41, 5.74) is 1.25. The summed E-state index contributed by atoms with van der Waals surface area (Å²) in [7, 11) is 0. The predicted octanol–water partition coefficient (Wildman–Crippen LogP) is 2.38. The van der Waals surface area contributed by atoms with Gasteiger partial charge in [-0.15, -0.1) is 0 Å². The normalized spacial score (nSPS) is 25.9. The Kier molecular flexibility index (Phi) is 5.96. The van der Waals surface area contributed by atoms with Gasteiger partial charge in [0, 0.05) is 23.6 Å². The highest BCUT2D eigenvalue weighted by Gasteiger charge is 2.65. The Balaban J connectivity index is 2.15. The van der Waals surface area contributed by atoms with E-state index in [1.54, 1.807) is 0 Å². The largest absolute Gasteiger partial charge is 0.505 e. The van der Waals surface area contributed by atoms with E-state index < -0.39 is 70.2 Å². The molecule has 0 radical (unpaired) electrons. The van der Waals surface area contributed by atoms with Crippen molar-refractivity contribution in [2.45, 2.75) is 37.6 Å². The van der Waals surface area contributed by atoms with Crippen molar-refractivity contribution >= 4 is 11.8 Å². The second-order valence-corrected chi connectivity index (χ2v) is 7.69. The lowest BCUT2D eigenvalue weighted by molar-refractivity contribution is -0.272. The zero-order chi connectivity index (χ0) is 24.9. The zero-order valence-corrected chi connectivity index (χ0v) is 17.1. The third-order valence-corrected chi connectivity index (χ3v) is 5.78. The number of aromatic hydroxyl groups is 1. The molecule has 1 aromatic carbocycles. The van der Waals surface area contributed by atoms with Crippen LogP contribution in [0.1, 0.15) is 35.8 Å². The Morgan fingerprint density at radius 1 is 1.24 bits per heavy atom. The maximum atomic E-state index is 14.0. The molecule has 0 saturated carbocycles. The number of hydrogen-bond acceptors (Lipinski definition) is 5. The van der Waals surface area contributed by atoms with Crippen molar-refractivity contribution in [2.75, 3.05) is 0 Å². The van der Waals surface area contributed by atoms with Gasteiger partial charge in [0.25, 0.3) is 11.8 Å². The van der Waals surface area contributed by atoms with E-state index >= 15 is 0 Å². The van der Waals surface area contributed by atoms with Crippen LogP contribution in [0.3, 0.4) is 0 Å². The van der Waals surface area contributed by atoms with E-state index in [0.717, 1.165) is 31.3 Å². The minimum absolute atomic E-state index is 0.246. The van der Waals surface area contributed by atoms with Gasteiger partial charge in [0.15, 0.2) is 17.2 Å². The molecule has 2 heterocycles. The topological polar surface area (TPSA) is 127 Å². The number of nitrogens with two attached hydrogens (primary N) is 1. The Labute approximate surface area is 182 Å². The van der Waals surface area contributed by atoms with Crippen molar-refractivity contribution in [3.05, 3.63) is 58.7 Å². The number of primary amides is 1. The number of benzene rings is 1. The molecule has 33 heavy (non-hydrogen) atoms. The fourth-order valence-corrected chi connectivity index (χ4v) is 3.76. The predicted molar refractivity (Wildman–Crippen MR) is 100.0 cm³/mol. The lowest BCUT2D eigenvalue weighted by atomic mass is 9.77. The zero-order valence-electron chi connectivity index (χ0n) is 17.1. The van der Waals surface area contributed by atoms with Crippen molar-refractivity contribution in [3.8, 4) is 5.75 Å². The highest BCUT2D eigenvalue weighted by molar-refractivity contribution is 5.91. The lowest BCUT2D eigenvalue weighted by Gasteiger charge is -2.31. The minimum atomic E-state index is -4.97. The van der Waals surface area contributed by atoms with Crippen LogP contribution < -0.4 is 11.1 Å². The van der Waals surface area contributed by atoms with Gasteiger partial charge in [-0.25, -0.2) is 9.38 Å². The first-order valence-electron chi connectivity index (χ1n) is 9.40. The Morgan fingerprint density at radius 3 is 2.45 bits per heavy atom. The first-order chi connectivity index (χ1) is 15.2. The molecule has 13 heteroatoms. The van der Waals surface area contributed by atoms with Crippen molar-refractivity contribution < 1.29 is 46.6 Å². The third kappa shape index (κ3) is 4.03. The van der Waals surface area contributed by atoms with E-state index in [9.17, 15) is 41.9 Å². The number of aromatic nitrogens is 1. The van der Waals surface area contributed by atoms with Crippen molar-refractivity contribution in [1.29, 1.82) is 0 Å². The SMILES string of the molecule is C[C@@H]1[C@H](c2ccc(F)c(F)c2O)[C@@H](C(=O)N=c2ccn(O)c(C(N)=O)c2)O[C@]1(C)C(F)(F)F. The molecule has 1 saturated heterocycles. The molecule has 0 unspecified atom stereocenters. The van der Waals surface area contributed by atoms with Crippen LogP contribution in [-0.2, 0) is 9.53 Å². The maximum absolute atomic E-state index is 14.0. The van der Waals surface area contributed by atoms with Gasteiger partial charge in [-0.1, -0.05) is 13.0 Å². The number of halogens is 5. The van der Waals surface area contributed by atoms with Crippen molar-refractivity contribution in [2.24, 2.45) is 16.6 Å². The number of hydrogen-bond donors (Lipinski definition) is 3. The number of amides is 2. The molecular formula is C20H18F5N3O5. The molecule has 2 amide bonds. The van der Waals surface area contributed by atoms with Crippen molar-refractivity contribution in [1.82, 2.24) is 4.73 Å². The lowest BCUT2D eigenvalue weighted by Crippen LogP contribution is -2.47. The van der Waals surface area contributed by atoms with Crippen molar-refractivity contribution in [3.63, 3.8) is 0 Å². The molecule has 0 spiro atoms. The van der Waals surface area contributed by atoms with E-state index in [2.05, 4.69) is 4.99 Å². The Hall–Kier alpha value is -3.48. The number of pyridine rings is 1. The van der Waals surface area contributed by atoms with Gasteiger partial charge in [0.2, 0.25) is 5.82 Å². The quantitative estimate of drug-likeness (QED) is 0.464. The van der Waals surface area contributed by atoms with E-state index in [1.165, 1.54) is 0 Å². The van der Waals surface area contributed by atoms with Crippen LogP contribution in [-0.4, -0.2) is 44.7 Å². The first-order valence-corrected chi connectivity index (χ1v) is 9.40. The number of carbonyl (C=O) groups is 2. The van der Waals surface area contributed by atoms with Crippen LogP contribution in [0.15, 0.2) is 35.5 Å². The number of phenolic OH excluding ortho intramolecular Hbond substituents is 1. The average Bonchev–Trinajstić information content (AvgIpc) is 3.00. The van der Waals surface area contributed by atoms with Gasteiger partial charge < -0.3 is 20.8 Å². The molecule has 8 nitrogen and oxygen atoms in total. The van der Waals surface area contributed by atoms with Crippen LogP contribution in [0.5, 0.6) is 5.75 Å². The molecule has 4 atom stereocenters. The number of alkyl halides is 3. The number of rotatable bonds is 3. The van der Waals surface area contributed by atoms with Gasteiger partial charge in [-0.05, 0) is 25.1 Å². The summed E-state index contributed by atoms with van der Waals surface area (Å²) in [6.07, 6.45) is -6.01. The summed E-state index contributed by atoms with van der Waals surface area (Å²) >= 11 is 0. The average molecular weight is 475 g/mol. The summed E-state index contributed by atoms with van der Waals surface area (Å²) in [5.74, 6) is -9.81. The van der Waals surface area contributed by atoms with Gasteiger partial charge in [0.05, 0.1) is 5.36 Å². The maximum Gasteiger partial charge on any atom is 0.417 e. The summed E-state index contributed by atoms with van der Waals surface area (Å²) in [6.45, 7) is 1.78. The van der Waals surface area contributed by atoms with Crippen LogP contribution in [0.2, 0.25) is 0 Å². The number of phenols is 1. The van der Waals surface area contributed by atoms with Gasteiger partial charge in [0.1, 0.15) is 11.8 Å². The molecular weight excluding hydrogens is 457 g/mol. The van der Waals surface area contributed by atoms with E-state index in [-0.39, 0.29) is 5.36 Å². The molecule has 4 N–H and O–H groups in total. The summed E-state index contributed by atoms with van der Waals surface area (Å²) in [6, 6.07) is 3.44. The Morgan fingerprint density at radius 2 is 1.88 bits per heavy atom. The number of ether oxygens (including phenoxy) is 1. The Bertz CT molecular complexity index is 1200. The highest BCUT2D eigenvalue weighted by atomic mass is 19.4. The molecule has 1 fully saturated rings. The molecule has 3 rings (SSSR count). The number of carbonyl (C=O) groups excluding carboxylic acids is 2. The minimum Gasteiger partial charge on any atom is -0.505 e. The van der Waals surface area contributed by atoms with Gasteiger partial charge in [-0.2, -0.15) is 22.3 Å². The molecule has 1 aromatic heterocycles. The highest BCUT2D eigenvalue weighted by Crippen LogP contribution is 2.54. The van der Waals surface area contributed by atoms with Crippen LogP contribution in [0.25, 0.3) is 0 Å². The molecule has 0 bridgehead atoms. The summed E-state index contributed by atoms with van der Waals surface area (Å²) in [5, 5.41) is 19.4. The summed E-state index contributed by atoms with van der Waals surface area (Å²) < 4.78 is 74.4. The first kappa shape index (κ1) is 24.2. The van der Waals surface area contributed by atoms with E-state index in [4.69, 9.17) is 10.5 Å². The van der Waals surface area contributed by atoms with Crippen LogP contribution in [0.4, 0.5) is 22.0 Å². The monoisotopic (exact) mass is 475 g/mol. The standard InChI is InChI=1S/C20H18F5N3O5/c1-8-13(10-3-4-11(21)14(22)15(10)29)16(33-19(8,2)20(23,24)25)18(31)27-9-5-6-28(32)12(7-9)17(26)30/h3-8,13,16,29,32H,1-2H3,(H2,26,30)/t8-,13-,16+,19+/m1/s1. The molecule has 1 aliphatic heterocycles. The van der Waals surface area contributed by atoms with E-state index in [0.29, 0.717) is 17.7 Å². The fraction of sp³-hybridized carbons (Fsp3) is 0.350. The van der Waals surface area contributed by atoms with Crippen LogP contribution >= 0.6 is 0 Å². The van der Waals surface area contributed by atoms with E-state index in [1.807, 2.05) is 0 Å². The molecule has 2 aromatic rings. The van der Waals surface area contributed by atoms with Gasteiger partial charge in [-0.3, -0.25) is 9.59 Å². The molecule has 0 aliphatic carbocycles. The number of nitrogens with zero attached hydrogens (tertiary/aromatic N) is 2.